The van der Waals surface area contributed by atoms with Gasteiger partial charge in [0.25, 0.3) is 0 Å². The lowest BCUT2D eigenvalue weighted by Crippen LogP contribution is -2.41. The van der Waals surface area contributed by atoms with Crippen molar-refractivity contribution in [2.45, 2.75) is 5.38 Å². The SMILES string of the molecule is CN(C)C(F)(F)[S+](C)C. The van der Waals surface area contributed by atoms with E-state index < -0.39 is 16.3 Å². The van der Waals surface area contributed by atoms with Gasteiger partial charge in [0.05, 0.1) is 10.9 Å². The fourth-order valence-corrected chi connectivity index (χ4v) is 1.10. The van der Waals surface area contributed by atoms with Crippen LogP contribution in [0, 0.1) is 0 Å². The van der Waals surface area contributed by atoms with Crippen molar-refractivity contribution in [2.75, 3.05) is 26.6 Å². The highest BCUT2D eigenvalue weighted by atomic mass is 32.2. The maximum absolute atomic E-state index is 12.6. The topological polar surface area (TPSA) is 3.24 Å². The average molecular weight is 156 g/mol. The van der Waals surface area contributed by atoms with Crippen LogP contribution in [0.2, 0.25) is 0 Å². The van der Waals surface area contributed by atoms with Crippen molar-refractivity contribution >= 4 is 10.9 Å². The van der Waals surface area contributed by atoms with Crippen LogP contribution in [0.4, 0.5) is 8.78 Å². The van der Waals surface area contributed by atoms with Gasteiger partial charge in [-0.25, -0.2) is 4.90 Å². The Hall–Kier alpha value is 0.170. The molecule has 0 fully saturated rings. The molecule has 0 saturated carbocycles. The van der Waals surface area contributed by atoms with Crippen molar-refractivity contribution in [1.82, 2.24) is 4.90 Å². The third-order valence-corrected chi connectivity index (χ3v) is 2.36. The number of nitrogens with zero attached hydrogens (tertiary/aromatic N) is 1. The Morgan fingerprint density at radius 2 is 1.56 bits per heavy atom. The molecule has 0 saturated heterocycles. The van der Waals surface area contributed by atoms with Crippen molar-refractivity contribution in [2.24, 2.45) is 0 Å². The van der Waals surface area contributed by atoms with Gasteiger partial charge in [0.2, 0.25) is 0 Å². The predicted molar refractivity (Wildman–Crippen MR) is 37.8 cm³/mol. The summed E-state index contributed by atoms with van der Waals surface area (Å²) in [5.74, 6) is 0. The number of alkyl halides is 2. The molecule has 4 heteroatoms. The first-order valence-corrected chi connectivity index (χ1v) is 4.56. The van der Waals surface area contributed by atoms with Crippen molar-refractivity contribution in [3.8, 4) is 0 Å². The standard InChI is InChI=1S/C5H12F2NS/c1-8(2)5(6,7)9(3)4/h1-4H3/q+1. The second kappa shape index (κ2) is 2.84. The lowest BCUT2D eigenvalue weighted by Gasteiger charge is -2.18. The number of hydrogen-bond acceptors (Lipinski definition) is 1. The molecule has 9 heavy (non-hydrogen) atoms. The summed E-state index contributed by atoms with van der Waals surface area (Å²) in [6, 6.07) is 0. The Morgan fingerprint density at radius 3 is 1.56 bits per heavy atom. The summed E-state index contributed by atoms with van der Waals surface area (Å²) >= 11 is 0. The highest BCUT2D eigenvalue weighted by Crippen LogP contribution is 2.22. The van der Waals surface area contributed by atoms with Gasteiger partial charge in [-0.1, -0.05) is 0 Å². The van der Waals surface area contributed by atoms with Crippen molar-refractivity contribution in [1.29, 1.82) is 0 Å². The van der Waals surface area contributed by atoms with Crippen LogP contribution in [0.5, 0.6) is 0 Å². The number of halogens is 2. The minimum atomic E-state index is -2.64. The molecule has 0 aromatic carbocycles. The molecule has 0 unspecified atom stereocenters. The van der Waals surface area contributed by atoms with Gasteiger partial charge < -0.3 is 0 Å². The molecule has 0 aromatic rings. The van der Waals surface area contributed by atoms with E-state index in [2.05, 4.69) is 0 Å². The Balaban J connectivity index is 4.01. The second-order valence-electron chi connectivity index (χ2n) is 2.20. The molecule has 0 bridgehead atoms. The summed E-state index contributed by atoms with van der Waals surface area (Å²) < 4.78 is 25.2. The molecular weight excluding hydrogens is 144 g/mol. The van der Waals surface area contributed by atoms with E-state index in [1.807, 2.05) is 0 Å². The summed E-state index contributed by atoms with van der Waals surface area (Å²) in [6.07, 6.45) is 3.06. The van der Waals surface area contributed by atoms with Crippen molar-refractivity contribution in [3.05, 3.63) is 0 Å². The Bertz CT molecular complexity index is 83.0. The first kappa shape index (κ1) is 9.17. The van der Waals surface area contributed by atoms with Crippen LogP contribution in [0.3, 0.4) is 0 Å². The smallest absolute Gasteiger partial charge is 0.203 e. The molecule has 0 N–H and O–H groups in total. The second-order valence-corrected chi connectivity index (χ2v) is 4.32. The molecule has 0 rings (SSSR count). The van der Waals surface area contributed by atoms with Crippen molar-refractivity contribution in [3.63, 3.8) is 0 Å². The van der Waals surface area contributed by atoms with Gasteiger partial charge >= 0.3 is 5.38 Å². The molecule has 0 heterocycles. The normalized spacial score (nSPS) is 13.3. The third-order valence-electron chi connectivity index (χ3n) is 1.01. The summed E-state index contributed by atoms with van der Waals surface area (Å²) in [5.41, 5.74) is 0. The van der Waals surface area contributed by atoms with Crippen LogP contribution < -0.4 is 0 Å². The molecule has 0 atom stereocenters. The van der Waals surface area contributed by atoms with Crippen LogP contribution >= 0.6 is 0 Å². The van der Waals surface area contributed by atoms with E-state index >= 15 is 0 Å². The van der Waals surface area contributed by atoms with E-state index in [4.69, 9.17) is 0 Å². The van der Waals surface area contributed by atoms with E-state index in [0.29, 0.717) is 0 Å². The maximum atomic E-state index is 12.6. The van der Waals surface area contributed by atoms with E-state index in [1.54, 1.807) is 0 Å². The highest BCUT2D eigenvalue weighted by Gasteiger charge is 2.45. The van der Waals surface area contributed by atoms with Crippen LogP contribution in [-0.2, 0) is 10.9 Å². The zero-order chi connectivity index (χ0) is 7.65. The maximum Gasteiger partial charge on any atom is 0.477 e. The first-order valence-electron chi connectivity index (χ1n) is 2.52. The predicted octanol–water partition coefficient (Wildman–Crippen LogP) is 0.976. The van der Waals surface area contributed by atoms with E-state index in [-0.39, 0.29) is 0 Å². The van der Waals surface area contributed by atoms with Gasteiger partial charge in [-0.15, -0.1) is 8.78 Å². The van der Waals surface area contributed by atoms with Crippen LogP contribution in [-0.4, -0.2) is 36.9 Å². The Kier molecular flexibility index (Phi) is 2.89. The molecule has 1 nitrogen and oxygen atoms in total. The van der Waals surface area contributed by atoms with E-state index in [0.717, 1.165) is 4.90 Å². The van der Waals surface area contributed by atoms with Gasteiger partial charge in [0, 0.05) is 0 Å². The minimum absolute atomic E-state index is 0.863. The number of hydrogen-bond donors (Lipinski definition) is 0. The molecule has 0 aliphatic heterocycles. The quantitative estimate of drug-likeness (QED) is 0.425. The molecule has 0 radical (unpaired) electrons. The van der Waals surface area contributed by atoms with Gasteiger partial charge in [-0.3, -0.25) is 0 Å². The summed E-state index contributed by atoms with van der Waals surface area (Å²) in [7, 11) is 1.90. The summed E-state index contributed by atoms with van der Waals surface area (Å²) in [6.45, 7) is 0. The zero-order valence-electron chi connectivity index (χ0n) is 6.11. The Morgan fingerprint density at radius 1 is 1.22 bits per heavy atom. The fourth-order valence-electron chi connectivity index (χ4n) is 0.365. The summed E-state index contributed by atoms with van der Waals surface area (Å²) in [4.78, 5) is 0.941. The molecule has 0 spiro atoms. The lowest BCUT2D eigenvalue weighted by molar-refractivity contribution is -0.0332. The zero-order valence-corrected chi connectivity index (χ0v) is 6.93. The summed E-state index contributed by atoms with van der Waals surface area (Å²) in [5, 5.41) is -2.64. The molecular formula is C5H12F2NS+. The third kappa shape index (κ3) is 2.10. The monoisotopic (exact) mass is 156 g/mol. The largest absolute Gasteiger partial charge is 0.477 e. The first-order chi connectivity index (χ1) is 3.89. The van der Waals surface area contributed by atoms with Gasteiger partial charge in [0.1, 0.15) is 12.5 Å². The molecule has 56 valence electrons. The van der Waals surface area contributed by atoms with Crippen LogP contribution in [0.15, 0.2) is 0 Å². The fraction of sp³-hybridized carbons (Fsp3) is 1.00. The molecule has 0 aliphatic rings. The van der Waals surface area contributed by atoms with Crippen LogP contribution in [0.1, 0.15) is 0 Å². The lowest BCUT2D eigenvalue weighted by atomic mass is 10.9. The van der Waals surface area contributed by atoms with Crippen molar-refractivity contribution < 1.29 is 8.78 Å². The minimum Gasteiger partial charge on any atom is -0.203 e. The van der Waals surface area contributed by atoms with E-state index in [1.165, 1.54) is 26.6 Å². The molecule has 0 aliphatic carbocycles. The van der Waals surface area contributed by atoms with Crippen LogP contribution in [0.25, 0.3) is 0 Å². The molecule has 0 amide bonds. The van der Waals surface area contributed by atoms with Gasteiger partial charge in [-0.05, 0) is 14.1 Å². The Labute approximate surface area is 57.4 Å². The highest BCUT2D eigenvalue weighted by molar-refractivity contribution is 7.96. The number of rotatable bonds is 2. The van der Waals surface area contributed by atoms with Gasteiger partial charge in [0.15, 0.2) is 0 Å². The van der Waals surface area contributed by atoms with Gasteiger partial charge in [-0.2, -0.15) is 0 Å². The molecule has 0 aromatic heterocycles. The average Bonchev–Trinajstić information content (AvgIpc) is 1.65. The van der Waals surface area contributed by atoms with E-state index in [9.17, 15) is 8.78 Å².